The van der Waals surface area contributed by atoms with Crippen LogP contribution in [-0.4, -0.2) is 47.7 Å². The van der Waals surface area contributed by atoms with Gasteiger partial charge in [0.1, 0.15) is 17.0 Å². The molecule has 0 amide bonds. The van der Waals surface area contributed by atoms with E-state index in [1.807, 2.05) is 37.8 Å². The number of hydrogen-bond acceptors (Lipinski definition) is 6. The molecule has 1 aliphatic rings. The average Bonchev–Trinajstić information content (AvgIpc) is 3.27. The highest BCUT2D eigenvalue weighted by atomic mass is 16.1. The smallest absolute Gasteiger partial charge is 0.262 e. The Balaban J connectivity index is 1.63. The van der Waals surface area contributed by atoms with Crippen molar-refractivity contribution < 1.29 is 0 Å². The predicted octanol–water partition coefficient (Wildman–Crippen LogP) is 2.42. The number of nitrogens with zero attached hydrogens (tertiary/aromatic N) is 6. The maximum Gasteiger partial charge on any atom is 0.262 e. The molecule has 0 aromatic carbocycles. The van der Waals surface area contributed by atoms with Crippen molar-refractivity contribution in [2.75, 3.05) is 13.1 Å². The molecule has 2 atom stereocenters. The lowest BCUT2D eigenvalue weighted by Crippen LogP contribution is -2.22. The fourth-order valence-electron chi connectivity index (χ4n) is 4.08. The number of aromatic nitrogens is 6. The van der Waals surface area contributed by atoms with Gasteiger partial charge in [-0.3, -0.25) is 9.69 Å². The lowest BCUT2D eigenvalue weighted by molar-refractivity contribution is 0.313. The summed E-state index contributed by atoms with van der Waals surface area (Å²) in [6.45, 7) is 10.8. The van der Waals surface area contributed by atoms with E-state index in [9.17, 15) is 4.79 Å². The quantitative estimate of drug-likeness (QED) is 0.730. The van der Waals surface area contributed by atoms with Gasteiger partial charge in [0.2, 0.25) is 0 Å². The molecule has 1 saturated heterocycles. The fourth-order valence-corrected chi connectivity index (χ4v) is 4.08. The van der Waals surface area contributed by atoms with Crippen LogP contribution in [0.15, 0.2) is 23.4 Å². The zero-order valence-corrected chi connectivity index (χ0v) is 16.9. The third-order valence-corrected chi connectivity index (χ3v) is 5.60. The van der Waals surface area contributed by atoms with Crippen LogP contribution in [0.4, 0.5) is 0 Å². The van der Waals surface area contributed by atoms with Crippen LogP contribution in [0, 0.1) is 12.8 Å². The molecule has 3 aromatic rings. The molecule has 8 heteroatoms. The largest absolute Gasteiger partial charge is 0.310 e. The van der Waals surface area contributed by atoms with Crippen LogP contribution >= 0.6 is 0 Å². The number of H-pyrrole nitrogens is 1. The number of nitrogens with one attached hydrogen (secondary N) is 1. The monoisotopic (exact) mass is 381 g/mol. The summed E-state index contributed by atoms with van der Waals surface area (Å²) in [7, 11) is 0. The summed E-state index contributed by atoms with van der Waals surface area (Å²) in [6.07, 6.45) is 6.44. The molecule has 1 fully saturated rings. The number of aromatic amines is 1. The van der Waals surface area contributed by atoms with Crippen LogP contribution in [0.5, 0.6) is 0 Å². The van der Waals surface area contributed by atoms with Gasteiger partial charge < -0.3 is 4.98 Å². The normalized spacial score (nSPS) is 20.5. The van der Waals surface area contributed by atoms with Gasteiger partial charge in [-0.2, -0.15) is 5.10 Å². The zero-order valence-electron chi connectivity index (χ0n) is 16.9. The van der Waals surface area contributed by atoms with Gasteiger partial charge in [0.15, 0.2) is 5.65 Å². The van der Waals surface area contributed by atoms with Gasteiger partial charge in [0.05, 0.1) is 6.20 Å². The Morgan fingerprint density at radius 1 is 1.21 bits per heavy atom. The summed E-state index contributed by atoms with van der Waals surface area (Å²) in [4.78, 5) is 31.5. The van der Waals surface area contributed by atoms with Crippen LogP contribution < -0.4 is 5.56 Å². The van der Waals surface area contributed by atoms with E-state index in [0.717, 1.165) is 43.3 Å². The van der Waals surface area contributed by atoms with E-state index in [4.69, 9.17) is 4.98 Å². The van der Waals surface area contributed by atoms with Gasteiger partial charge in [-0.25, -0.2) is 19.6 Å². The highest BCUT2D eigenvalue weighted by molar-refractivity contribution is 5.73. The Kier molecular flexibility index (Phi) is 4.97. The number of fused-ring (bicyclic) bond motifs is 1. The Morgan fingerprint density at radius 2 is 1.96 bits per heavy atom. The Bertz CT molecular complexity index is 1020. The van der Waals surface area contributed by atoms with Crippen LogP contribution in [0.2, 0.25) is 0 Å². The summed E-state index contributed by atoms with van der Waals surface area (Å²) in [5.41, 5.74) is 1.68. The average molecular weight is 381 g/mol. The van der Waals surface area contributed by atoms with E-state index < -0.39 is 0 Å². The summed E-state index contributed by atoms with van der Waals surface area (Å²) < 4.78 is 1.82. The number of hydrogen-bond donors (Lipinski definition) is 1. The maximum absolute atomic E-state index is 12.6. The molecular weight excluding hydrogens is 354 g/mol. The minimum Gasteiger partial charge on any atom is -0.310 e. The van der Waals surface area contributed by atoms with Crippen LogP contribution in [-0.2, 0) is 6.54 Å². The Morgan fingerprint density at radius 3 is 2.64 bits per heavy atom. The van der Waals surface area contributed by atoms with Crippen LogP contribution in [0.3, 0.4) is 0 Å². The number of likely N-dealkylation sites (tertiary alicyclic amines) is 1. The predicted molar refractivity (Wildman–Crippen MR) is 107 cm³/mol. The second-order valence-electron chi connectivity index (χ2n) is 7.98. The maximum atomic E-state index is 12.6. The van der Waals surface area contributed by atoms with Crippen molar-refractivity contribution in [1.29, 1.82) is 0 Å². The van der Waals surface area contributed by atoms with Crippen molar-refractivity contribution in [3.63, 3.8) is 0 Å². The van der Waals surface area contributed by atoms with E-state index in [1.165, 1.54) is 0 Å². The Hall–Kier alpha value is -2.61. The molecule has 0 spiro atoms. The molecule has 0 saturated carbocycles. The minimum absolute atomic E-state index is 0.105. The zero-order chi connectivity index (χ0) is 19.8. The van der Waals surface area contributed by atoms with Gasteiger partial charge in [0.25, 0.3) is 5.56 Å². The lowest BCUT2D eigenvalue weighted by atomic mass is 9.93. The van der Waals surface area contributed by atoms with Gasteiger partial charge in [-0.05, 0) is 26.7 Å². The first-order valence-electron chi connectivity index (χ1n) is 9.93. The summed E-state index contributed by atoms with van der Waals surface area (Å²) in [6, 6.07) is 0.156. The standard InChI is InChI=1S/C20H27N7O/c1-5-15-10-26(9-14-6-21-13(4)22-7-14)11-17(15)18-24-19-16(20(28)25-18)8-23-27(19)12(2)3/h6-8,12,15,17H,5,9-11H2,1-4H3,(H,24,25,28)/t15-,17-/m1/s1. The van der Waals surface area contributed by atoms with Crippen molar-refractivity contribution in [3.05, 3.63) is 46.2 Å². The number of rotatable bonds is 5. The summed E-state index contributed by atoms with van der Waals surface area (Å²) >= 11 is 0. The molecule has 0 bridgehead atoms. The molecule has 28 heavy (non-hydrogen) atoms. The SMILES string of the molecule is CC[C@@H]1CN(Cc2cnc(C)nc2)C[C@H]1c1nc2c(cnn2C(C)C)c(=O)[nH]1. The molecule has 4 rings (SSSR count). The van der Waals surface area contributed by atoms with Crippen molar-refractivity contribution in [2.45, 2.75) is 52.6 Å². The molecule has 0 unspecified atom stereocenters. The Labute approximate surface area is 164 Å². The molecule has 0 radical (unpaired) electrons. The molecule has 1 N–H and O–H groups in total. The minimum atomic E-state index is -0.105. The van der Waals surface area contributed by atoms with Crippen LogP contribution in [0.1, 0.15) is 56.4 Å². The third kappa shape index (κ3) is 3.44. The van der Waals surface area contributed by atoms with E-state index >= 15 is 0 Å². The molecule has 4 heterocycles. The highest BCUT2D eigenvalue weighted by Crippen LogP contribution is 2.33. The molecule has 148 valence electrons. The second kappa shape index (κ2) is 7.43. The van der Waals surface area contributed by atoms with Crippen LogP contribution in [0.25, 0.3) is 11.0 Å². The first-order valence-corrected chi connectivity index (χ1v) is 9.93. The summed E-state index contributed by atoms with van der Waals surface area (Å²) in [5, 5.41) is 4.90. The van der Waals surface area contributed by atoms with Gasteiger partial charge in [-0.15, -0.1) is 0 Å². The van der Waals surface area contributed by atoms with Gasteiger partial charge in [0, 0.05) is 49.6 Å². The van der Waals surface area contributed by atoms with Crippen molar-refractivity contribution >= 4 is 11.0 Å². The molecule has 1 aliphatic heterocycles. The third-order valence-electron chi connectivity index (χ3n) is 5.60. The topological polar surface area (TPSA) is 92.6 Å². The lowest BCUT2D eigenvalue weighted by Gasteiger charge is -2.16. The van der Waals surface area contributed by atoms with Gasteiger partial charge >= 0.3 is 0 Å². The molecule has 3 aromatic heterocycles. The van der Waals surface area contributed by atoms with Crippen molar-refractivity contribution in [1.82, 2.24) is 34.6 Å². The summed E-state index contributed by atoms with van der Waals surface area (Å²) in [5.74, 6) is 2.20. The number of aryl methyl sites for hydroxylation is 1. The molecule has 0 aliphatic carbocycles. The first-order chi connectivity index (χ1) is 13.5. The van der Waals surface area contributed by atoms with Crippen molar-refractivity contribution in [2.24, 2.45) is 5.92 Å². The van der Waals surface area contributed by atoms with E-state index in [2.05, 4.69) is 31.9 Å². The fraction of sp³-hybridized carbons (Fsp3) is 0.550. The van der Waals surface area contributed by atoms with Crippen molar-refractivity contribution in [3.8, 4) is 0 Å². The van der Waals surface area contributed by atoms with Gasteiger partial charge in [-0.1, -0.05) is 13.3 Å². The molecule has 8 nitrogen and oxygen atoms in total. The van der Waals surface area contributed by atoms with E-state index in [-0.39, 0.29) is 17.5 Å². The molecular formula is C20H27N7O. The first kappa shape index (κ1) is 18.7. The van der Waals surface area contributed by atoms with E-state index in [1.54, 1.807) is 6.20 Å². The van der Waals surface area contributed by atoms with E-state index in [0.29, 0.717) is 17.0 Å². The highest BCUT2D eigenvalue weighted by Gasteiger charge is 2.34. The second-order valence-corrected chi connectivity index (χ2v) is 7.98.